The second-order valence-corrected chi connectivity index (χ2v) is 11.2. The molecule has 2 N–H and O–H groups in total. The van der Waals surface area contributed by atoms with E-state index in [-0.39, 0.29) is 17.0 Å². The number of ether oxygens (including phenoxy) is 3. The van der Waals surface area contributed by atoms with E-state index >= 15 is 0 Å². The summed E-state index contributed by atoms with van der Waals surface area (Å²) in [6, 6.07) is 22.6. The molecule has 1 aliphatic heterocycles. The first-order valence-electron chi connectivity index (χ1n) is 12.6. The standard InChI is InChI=1S/C31H25N3O5S2/c1-37-20-13-7-4-10-17(20)16-23-29(35)34-27(32)25(28-33-19-12-6-9-15-22(19)40-28)24(18-11-5-8-14-21(18)38-2)26(30(34)41-23)31(36)39-3/h4-16,24H,32H2,1-3H3. The van der Waals surface area contributed by atoms with Crippen LogP contribution < -0.4 is 30.0 Å². The summed E-state index contributed by atoms with van der Waals surface area (Å²) in [6.07, 6.45) is 1.74. The fourth-order valence-corrected chi connectivity index (χ4v) is 7.30. The molecule has 6 rings (SSSR count). The predicted molar refractivity (Wildman–Crippen MR) is 162 cm³/mol. The van der Waals surface area contributed by atoms with Crippen molar-refractivity contribution in [3.8, 4) is 11.5 Å². The van der Waals surface area contributed by atoms with E-state index < -0.39 is 11.9 Å². The molecular formula is C31H25N3O5S2. The van der Waals surface area contributed by atoms with Crippen LogP contribution in [0.2, 0.25) is 0 Å². The van der Waals surface area contributed by atoms with Gasteiger partial charge < -0.3 is 19.9 Å². The van der Waals surface area contributed by atoms with Crippen molar-refractivity contribution in [3.63, 3.8) is 0 Å². The van der Waals surface area contributed by atoms with Gasteiger partial charge in [-0.3, -0.25) is 9.36 Å². The molecule has 2 aromatic heterocycles. The van der Waals surface area contributed by atoms with Crippen LogP contribution in [0.25, 0.3) is 33.3 Å². The van der Waals surface area contributed by atoms with Gasteiger partial charge in [-0.25, -0.2) is 9.78 Å². The SMILES string of the molecule is COC(=O)C1=c2sc(=Cc3ccccc3OC)c(=O)n2C(N)=C(c2nc3ccccc3s2)C1c1ccccc1OC. The van der Waals surface area contributed by atoms with E-state index in [4.69, 9.17) is 24.9 Å². The summed E-state index contributed by atoms with van der Waals surface area (Å²) in [5.41, 5.74) is 9.58. The summed E-state index contributed by atoms with van der Waals surface area (Å²) in [6.45, 7) is 0. The molecule has 206 valence electrons. The Kier molecular flexibility index (Phi) is 6.94. The minimum absolute atomic E-state index is 0.198. The number of carbonyl (C=O) groups excluding carboxylic acids is 1. The lowest BCUT2D eigenvalue weighted by molar-refractivity contribution is -0.134. The fraction of sp³-hybridized carbons (Fsp3) is 0.129. The Morgan fingerprint density at radius 1 is 0.927 bits per heavy atom. The lowest BCUT2D eigenvalue weighted by Crippen LogP contribution is -2.40. The van der Waals surface area contributed by atoms with Gasteiger partial charge in [0.2, 0.25) is 0 Å². The van der Waals surface area contributed by atoms with Gasteiger partial charge in [-0.05, 0) is 30.3 Å². The van der Waals surface area contributed by atoms with Gasteiger partial charge in [-0.1, -0.05) is 48.5 Å². The number of esters is 1. The molecule has 1 aliphatic rings. The highest BCUT2D eigenvalue weighted by atomic mass is 32.1. The maximum Gasteiger partial charge on any atom is 0.337 e. The first-order valence-corrected chi connectivity index (χ1v) is 14.3. The number of benzene rings is 3. The predicted octanol–water partition coefficient (Wildman–Crippen LogP) is 3.77. The van der Waals surface area contributed by atoms with Crippen LogP contribution in [0.1, 0.15) is 22.1 Å². The molecule has 0 saturated carbocycles. The number of carbonyl (C=O) groups is 1. The molecule has 0 saturated heterocycles. The zero-order valence-corrected chi connectivity index (χ0v) is 24.0. The maximum atomic E-state index is 14.0. The van der Waals surface area contributed by atoms with Gasteiger partial charge in [0.25, 0.3) is 5.56 Å². The van der Waals surface area contributed by atoms with E-state index in [0.29, 0.717) is 36.8 Å². The number of allylic oxidation sites excluding steroid dienone is 1. The van der Waals surface area contributed by atoms with Crippen molar-refractivity contribution in [1.82, 2.24) is 9.55 Å². The van der Waals surface area contributed by atoms with E-state index in [9.17, 15) is 9.59 Å². The van der Waals surface area contributed by atoms with Crippen LogP contribution in [-0.4, -0.2) is 36.8 Å². The smallest absolute Gasteiger partial charge is 0.337 e. The maximum absolute atomic E-state index is 14.0. The third-order valence-electron chi connectivity index (χ3n) is 6.95. The quantitative estimate of drug-likeness (QED) is 0.304. The first kappa shape index (κ1) is 26.5. The Hall–Kier alpha value is -4.67. The average Bonchev–Trinajstić information content (AvgIpc) is 3.57. The summed E-state index contributed by atoms with van der Waals surface area (Å²) in [5, 5.41) is 0.597. The summed E-state index contributed by atoms with van der Waals surface area (Å²) in [5.74, 6) is 0.0928. The van der Waals surface area contributed by atoms with Crippen molar-refractivity contribution in [2.45, 2.75) is 5.92 Å². The van der Waals surface area contributed by atoms with Gasteiger partial charge in [0.05, 0.1) is 47.6 Å². The van der Waals surface area contributed by atoms with Gasteiger partial charge in [0, 0.05) is 16.7 Å². The fourth-order valence-electron chi connectivity index (χ4n) is 5.10. The highest BCUT2D eigenvalue weighted by Crippen LogP contribution is 2.46. The van der Waals surface area contributed by atoms with Gasteiger partial charge in [0.1, 0.15) is 27.0 Å². The van der Waals surface area contributed by atoms with Crippen LogP contribution >= 0.6 is 22.7 Å². The third kappa shape index (κ3) is 4.41. The van der Waals surface area contributed by atoms with Gasteiger partial charge in [-0.2, -0.15) is 0 Å². The molecule has 3 heterocycles. The van der Waals surface area contributed by atoms with Crippen molar-refractivity contribution < 1.29 is 19.0 Å². The molecule has 0 radical (unpaired) electrons. The third-order valence-corrected chi connectivity index (χ3v) is 9.13. The molecule has 1 atom stereocenters. The Labute approximate surface area is 242 Å². The van der Waals surface area contributed by atoms with Crippen LogP contribution in [0.4, 0.5) is 0 Å². The molecule has 0 spiro atoms. The molecule has 10 heteroatoms. The van der Waals surface area contributed by atoms with Gasteiger partial charge >= 0.3 is 5.97 Å². The van der Waals surface area contributed by atoms with Crippen molar-refractivity contribution in [2.75, 3.05) is 21.3 Å². The molecule has 0 amide bonds. The molecule has 5 aromatic rings. The molecule has 0 bridgehead atoms. The lowest BCUT2D eigenvalue weighted by atomic mass is 9.83. The number of para-hydroxylation sites is 3. The average molecular weight is 584 g/mol. The number of aromatic nitrogens is 2. The van der Waals surface area contributed by atoms with Crippen LogP contribution in [0, 0.1) is 0 Å². The minimum Gasteiger partial charge on any atom is -0.496 e. The Morgan fingerprint density at radius 2 is 1.61 bits per heavy atom. The van der Waals surface area contributed by atoms with Gasteiger partial charge in [0.15, 0.2) is 0 Å². The number of nitrogens with two attached hydrogens (primary N) is 1. The zero-order valence-electron chi connectivity index (χ0n) is 22.4. The van der Waals surface area contributed by atoms with E-state index in [1.807, 2.05) is 72.8 Å². The second-order valence-electron chi connectivity index (χ2n) is 9.16. The number of thiazole rings is 2. The molecular weight excluding hydrogens is 558 g/mol. The minimum atomic E-state index is -0.712. The number of rotatable bonds is 6. The number of hydrogen-bond acceptors (Lipinski definition) is 9. The number of nitrogens with zero attached hydrogens (tertiary/aromatic N) is 2. The Morgan fingerprint density at radius 3 is 2.34 bits per heavy atom. The molecule has 0 aliphatic carbocycles. The van der Waals surface area contributed by atoms with E-state index in [0.717, 1.165) is 15.8 Å². The van der Waals surface area contributed by atoms with E-state index in [2.05, 4.69) is 0 Å². The summed E-state index contributed by atoms with van der Waals surface area (Å²) < 4.78 is 19.7. The molecule has 0 fully saturated rings. The van der Waals surface area contributed by atoms with Crippen LogP contribution in [-0.2, 0) is 9.53 Å². The van der Waals surface area contributed by atoms with Crippen molar-refractivity contribution in [3.05, 3.63) is 108 Å². The summed E-state index contributed by atoms with van der Waals surface area (Å²) in [7, 11) is 4.47. The number of methoxy groups -OCH3 is 3. The van der Waals surface area contributed by atoms with Crippen molar-refractivity contribution in [1.29, 1.82) is 0 Å². The first-order chi connectivity index (χ1) is 20.0. The van der Waals surface area contributed by atoms with E-state index in [1.54, 1.807) is 20.3 Å². The number of hydrogen-bond donors (Lipinski definition) is 1. The molecule has 41 heavy (non-hydrogen) atoms. The highest BCUT2D eigenvalue weighted by molar-refractivity contribution is 7.19. The molecule has 8 nitrogen and oxygen atoms in total. The monoisotopic (exact) mass is 583 g/mol. The normalized spacial score (nSPS) is 15.2. The van der Waals surface area contributed by atoms with Crippen molar-refractivity contribution >= 4 is 61.9 Å². The lowest BCUT2D eigenvalue weighted by Gasteiger charge is -2.28. The van der Waals surface area contributed by atoms with Gasteiger partial charge in [-0.15, -0.1) is 22.7 Å². The Balaban J connectivity index is 1.75. The van der Waals surface area contributed by atoms with Crippen LogP contribution in [0.15, 0.2) is 77.6 Å². The summed E-state index contributed by atoms with van der Waals surface area (Å²) >= 11 is 2.62. The molecule has 3 aromatic carbocycles. The van der Waals surface area contributed by atoms with E-state index in [1.165, 1.54) is 34.4 Å². The highest BCUT2D eigenvalue weighted by Gasteiger charge is 2.39. The Bertz CT molecular complexity index is 2000. The zero-order chi connectivity index (χ0) is 28.7. The topological polar surface area (TPSA) is 106 Å². The van der Waals surface area contributed by atoms with Crippen molar-refractivity contribution in [2.24, 2.45) is 5.73 Å². The molecule has 1 unspecified atom stereocenters. The van der Waals surface area contributed by atoms with Crippen LogP contribution in [0.5, 0.6) is 11.5 Å². The second kappa shape index (κ2) is 10.7. The summed E-state index contributed by atoms with van der Waals surface area (Å²) in [4.78, 5) is 32.5. The van der Waals surface area contributed by atoms with Crippen LogP contribution in [0.3, 0.4) is 0 Å². The largest absolute Gasteiger partial charge is 0.496 e. The number of fused-ring (bicyclic) bond motifs is 2.